The quantitative estimate of drug-likeness (QED) is 0.770. The second-order valence-electron chi connectivity index (χ2n) is 3.68. The van der Waals surface area contributed by atoms with Gasteiger partial charge in [0, 0.05) is 20.2 Å². The zero-order valence-corrected chi connectivity index (χ0v) is 9.99. The van der Waals surface area contributed by atoms with Crippen LogP contribution in [-0.2, 0) is 11.3 Å². The van der Waals surface area contributed by atoms with Gasteiger partial charge in [-0.15, -0.1) is 0 Å². The van der Waals surface area contributed by atoms with E-state index in [4.69, 9.17) is 9.47 Å². The van der Waals surface area contributed by atoms with Crippen molar-refractivity contribution >= 4 is 0 Å². The van der Waals surface area contributed by atoms with Gasteiger partial charge in [-0.1, -0.05) is 6.07 Å². The third-order valence-electron chi connectivity index (χ3n) is 2.41. The first kappa shape index (κ1) is 12.8. The van der Waals surface area contributed by atoms with Gasteiger partial charge in [-0.2, -0.15) is 0 Å². The Morgan fingerprint density at radius 1 is 1.38 bits per heavy atom. The van der Waals surface area contributed by atoms with Crippen molar-refractivity contribution in [2.45, 2.75) is 19.6 Å². The van der Waals surface area contributed by atoms with Gasteiger partial charge in [0.25, 0.3) is 0 Å². The summed E-state index contributed by atoms with van der Waals surface area (Å²) in [5.74, 6) is 0.663. The number of hydrogen-bond acceptors (Lipinski definition) is 4. The molecule has 0 saturated heterocycles. The second-order valence-corrected chi connectivity index (χ2v) is 3.68. The van der Waals surface area contributed by atoms with Crippen molar-refractivity contribution in [2.75, 3.05) is 20.8 Å². The van der Waals surface area contributed by atoms with E-state index < -0.39 is 0 Å². The van der Waals surface area contributed by atoms with Crippen molar-refractivity contribution in [1.82, 2.24) is 5.32 Å². The third kappa shape index (κ3) is 3.72. The van der Waals surface area contributed by atoms with Crippen LogP contribution in [0.25, 0.3) is 0 Å². The average Bonchev–Trinajstić information content (AvgIpc) is 2.29. The average molecular weight is 225 g/mol. The molecule has 90 valence electrons. The van der Waals surface area contributed by atoms with Gasteiger partial charge < -0.3 is 19.9 Å². The van der Waals surface area contributed by atoms with Gasteiger partial charge >= 0.3 is 0 Å². The van der Waals surface area contributed by atoms with Gasteiger partial charge in [-0.3, -0.25) is 0 Å². The Balaban J connectivity index is 2.46. The molecule has 0 amide bonds. The minimum Gasteiger partial charge on any atom is -0.504 e. The minimum atomic E-state index is 0.168. The lowest BCUT2D eigenvalue weighted by molar-refractivity contribution is 0.117. The molecule has 0 aliphatic rings. The second kappa shape index (κ2) is 6.35. The molecule has 0 fully saturated rings. The summed E-state index contributed by atoms with van der Waals surface area (Å²) >= 11 is 0. The summed E-state index contributed by atoms with van der Waals surface area (Å²) in [5, 5.41) is 12.8. The Labute approximate surface area is 96.2 Å². The summed E-state index contributed by atoms with van der Waals surface area (Å²) in [6, 6.07) is 5.37. The summed E-state index contributed by atoms with van der Waals surface area (Å²) in [5.41, 5.74) is 1.02. The van der Waals surface area contributed by atoms with E-state index in [1.54, 1.807) is 19.2 Å². The normalized spacial score (nSPS) is 12.4. The molecule has 4 nitrogen and oxygen atoms in total. The SMILES string of the molecule is COc1ccc(CNCC(C)OC)cc1O. The molecular weight excluding hydrogens is 206 g/mol. The Kier molecular flexibility index (Phi) is 5.08. The summed E-state index contributed by atoms with van der Waals surface area (Å²) in [6.45, 7) is 3.48. The Bertz CT molecular complexity index is 328. The van der Waals surface area contributed by atoms with Gasteiger partial charge in [0.2, 0.25) is 0 Å². The van der Waals surface area contributed by atoms with Crippen molar-refractivity contribution in [3.05, 3.63) is 23.8 Å². The van der Waals surface area contributed by atoms with Crippen LogP contribution in [0.1, 0.15) is 12.5 Å². The van der Waals surface area contributed by atoms with Crippen molar-refractivity contribution in [1.29, 1.82) is 0 Å². The van der Waals surface area contributed by atoms with Crippen LogP contribution in [0.15, 0.2) is 18.2 Å². The first-order valence-electron chi connectivity index (χ1n) is 5.26. The number of benzene rings is 1. The number of nitrogens with one attached hydrogen (secondary N) is 1. The van der Waals surface area contributed by atoms with Crippen LogP contribution in [0.2, 0.25) is 0 Å². The fourth-order valence-corrected chi connectivity index (χ4v) is 1.35. The van der Waals surface area contributed by atoms with Crippen LogP contribution < -0.4 is 10.1 Å². The highest BCUT2D eigenvalue weighted by molar-refractivity contribution is 5.41. The van der Waals surface area contributed by atoms with Crippen molar-refractivity contribution in [3.8, 4) is 11.5 Å². The van der Waals surface area contributed by atoms with Crippen molar-refractivity contribution in [2.24, 2.45) is 0 Å². The number of rotatable bonds is 6. The Morgan fingerprint density at radius 2 is 2.12 bits per heavy atom. The molecule has 0 aliphatic heterocycles. The van der Waals surface area contributed by atoms with E-state index in [2.05, 4.69) is 5.32 Å². The Hall–Kier alpha value is -1.26. The number of phenolic OH excluding ortho intramolecular Hbond substituents is 1. The lowest BCUT2D eigenvalue weighted by atomic mass is 10.2. The van der Waals surface area contributed by atoms with Gasteiger partial charge in [-0.25, -0.2) is 0 Å². The molecule has 0 radical (unpaired) electrons. The van der Waals surface area contributed by atoms with Crippen LogP contribution in [0, 0.1) is 0 Å². The number of ether oxygens (including phenoxy) is 2. The zero-order chi connectivity index (χ0) is 12.0. The Morgan fingerprint density at radius 3 is 2.69 bits per heavy atom. The number of phenols is 1. The van der Waals surface area contributed by atoms with E-state index in [1.807, 2.05) is 13.0 Å². The van der Waals surface area contributed by atoms with Crippen LogP contribution in [0.5, 0.6) is 11.5 Å². The maximum Gasteiger partial charge on any atom is 0.160 e. The first-order valence-corrected chi connectivity index (χ1v) is 5.26. The lowest BCUT2D eigenvalue weighted by Gasteiger charge is -2.11. The summed E-state index contributed by atoms with van der Waals surface area (Å²) in [4.78, 5) is 0. The molecule has 0 saturated carbocycles. The van der Waals surface area contributed by atoms with Crippen LogP contribution in [0.3, 0.4) is 0 Å². The molecule has 2 N–H and O–H groups in total. The molecule has 0 aromatic heterocycles. The topological polar surface area (TPSA) is 50.7 Å². The fourth-order valence-electron chi connectivity index (χ4n) is 1.35. The molecule has 0 aliphatic carbocycles. The predicted molar refractivity (Wildman–Crippen MR) is 62.8 cm³/mol. The van der Waals surface area contributed by atoms with Crippen LogP contribution >= 0.6 is 0 Å². The van der Waals surface area contributed by atoms with E-state index in [1.165, 1.54) is 7.11 Å². The molecule has 0 spiro atoms. The molecule has 0 heterocycles. The lowest BCUT2D eigenvalue weighted by Crippen LogP contribution is -2.25. The number of methoxy groups -OCH3 is 2. The van der Waals surface area contributed by atoms with Crippen molar-refractivity contribution in [3.63, 3.8) is 0 Å². The maximum atomic E-state index is 9.57. The molecule has 4 heteroatoms. The summed E-state index contributed by atoms with van der Waals surface area (Å²) in [6.07, 6.45) is 0.187. The molecule has 1 aromatic rings. The molecule has 1 rings (SSSR count). The van der Waals surface area contributed by atoms with E-state index in [0.29, 0.717) is 12.3 Å². The van der Waals surface area contributed by atoms with Gasteiger partial charge in [0.1, 0.15) is 0 Å². The first-order chi connectivity index (χ1) is 7.67. The van der Waals surface area contributed by atoms with Gasteiger partial charge in [0.15, 0.2) is 11.5 Å². The highest BCUT2D eigenvalue weighted by Crippen LogP contribution is 2.25. The summed E-state index contributed by atoms with van der Waals surface area (Å²) < 4.78 is 10.1. The van der Waals surface area contributed by atoms with E-state index >= 15 is 0 Å². The molecular formula is C12H19NO3. The highest BCUT2D eigenvalue weighted by atomic mass is 16.5. The summed E-state index contributed by atoms with van der Waals surface area (Å²) in [7, 11) is 3.22. The van der Waals surface area contributed by atoms with E-state index in [9.17, 15) is 5.11 Å². The van der Waals surface area contributed by atoms with E-state index in [-0.39, 0.29) is 11.9 Å². The molecule has 16 heavy (non-hydrogen) atoms. The zero-order valence-electron chi connectivity index (χ0n) is 9.99. The van der Waals surface area contributed by atoms with Gasteiger partial charge in [0.05, 0.1) is 13.2 Å². The standard InChI is InChI=1S/C12H19NO3/c1-9(15-2)7-13-8-10-4-5-12(16-3)11(14)6-10/h4-6,9,13-14H,7-8H2,1-3H3. The van der Waals surface area contributed by atoms with Crippen LogP contribution in [-0.4, -0.2) is 32.0 Å². The predicted octanol–water partition coefficient (Wildman–Crippen LogP) is 1.53. The van der Waals surface area contributed by atoms with E-state index in [0.717, 1.165) is 12.1 Å². The smallest absolute Gasteiger partial charge is 0.160 e. The highest BCUT2D eigenvalue weighted by Gasteiger charge is 2.03. The van der Waals surface area contributed by atoms with Crippen molar-refractivity contribution < 1.29 is 14.6 Å². The molecule has 0 bridgehead atoms. The van der Waals surface area contributed by atoms with Crippen LogP contribution in [0.4, 0.5) is 0 Å². The fraction of sp³-hybridized carbons (Fsp3) is 0.500. The maximum absolute atomic E-state index is 9.57. The minimum absolute atomic E-state index is 0.168. The molecule has 1 unspecified atom stereocenters. The molecule has 1 aromatic carbocycles. The largest absolute Gasteiger partial charge is 0.504 e. The number of hydrogen-bond donors (Lipinski definition) is 2. The third-order valence-corrected chi connectivity index (χ3v) is 2.41. The van der Waals surface area contributed by atoms with Gasteiger partial charge in [-0.05, 0) is 24.6 Å². The molecule has 1 atom stereocenters. The monoisotopic (exact) mass is 225 g/mol. The number of aromatic hydroxyl groups is 1.